The number of likely N-dealkylation sites (N-methyl/N-ethyl adjacent to an activating group) is 1. The van der Waals surface area contributed by atoms with Gasteiger partial charge >= 0.3 is 0 Å². The lowest BCUT2D eigenvalue weighted by Crippen LogP contribution is -2.31. The number of hydrogen-bond donors (Lipinski definition) is 1. The van der Waals surface area contributed by atoms with Gasteiger partial charge in [-0.1, -0.05) is 0 Å². The average molecular weight is 185 g/mol. The van der Waals surface area contributed by atoms with E-state index in [2.05, 4.69) is 10.2 Å². The number of nitrogens with zero attached hydrogens (tertiary/aromatic N) is 3. The van der Waals surface area contributed by atoms with Crippen molar-refractivity contribution in [1.82, 2.24) is 15.1 Å². The van der Waals surface area contributed by atoms with Crippen LogP contribution in [-0.4, -0.2) is 39.9 Å². The maximum absolute atomic E-state index is 8.88. The van der Waals surface area contributed by atoms with E-state index >= 15 is 0 Å². The molecule has 74 valence electrons. The molecule has 13 heavy (non-hydrogen) atoms. The minimum Gasteiger partial charge on any atom is -0.424 e. The van der Waals surface area contributed by atoms with Crippen molar-refractivity contribution in [2.24, 2.45) is 0 Å². The average Bonchev–Trinajstić information content (AvgIpc) is 2.49. The summed E-state index contributed by atoms with van der Waals surface area (Å²) in [6, 6.07) is 0.104. The fourth-order valence-electron chi connectivity index (χ4n) is 0.910. The molecule has 1 atom stereocenters. The van der Waals surface area contributed by atoms with Gasteiger partial charge in [-0.25, -0.2) is 0 Å². The summed E-state index contributed by atoms with van der Waals surface area (Å²) in [5.74, 6) is 1.15. The van der Waals surface area contributed by atoms with Crippen LogP contribution < -0.4 is 0 Å². The van der Waals surface area contributed by atoms with Crippen LogP contribution in [0, 0.1) is 6.92 Å². The Balaban J connectivity index is 2.49. The second kappa shape index (κ2) is 4.34. The maximum atomic E-state index is 8.88. The zero-order valence-corrected chi connectivity index (χ0v) is 8.19. The molecule has 0 saturated carbocycles. The predicted molar refractivity (Wildman–Crippen MR) is 47.0 cm³/mol. The number of aliphatic hydroxyl groups is 1. The lowest BCUT2D eigenvalue weighted by Gasteiger charge is -2.20. The van der Waals surface area contributed by atoms with Crippen molar-refractivity contribution in [3.63, 3.8) is 0 Å². The molecule has 0 amide bonds. The molecule has 1 aromatic heterocycles. The van der Waals surface area contributed by atoms with Crippen LogP contribution in [0.25, 0.3) is 0 Å². The van der Waals surface area contributed by atoms with E-state index in [-0.39, 0.29) is 12.6 Å². The van der Waals surface area contributed by atoms with Crippen molar-refractivity contribution in [1.29, 1.82) is 0 Å². The van der Waals surface area contributed by atoms with Gasteiger partial charge in [0.25, 0.3) is 0 Å². The van der Waals surface area contributed by atoms with E-state index in [0.717, 1.165) is 0 Å². The Kier molecular flexibility index (Phi) is 3.39. The van der Waals surface area contributed by atoms with Crippen molar-refractivity contribution >= 4 is 0 Å². The highest BCUT2D eigenvalue weighted by atomic mass is 16.4. The molecule has 0 fully saturated rings. The van der Waals surface area contributed by atoms with Crippen LogP contribution in [0.1, 0.15) is 18.7 Å². The van der Waals surface area contributed by atoms with E-state index in [0.29, 0.717) is 18.3 Å². The zero-order valence-electron chi connectivity index (χ0n) is 8.19. The Bertz CT molecular complexity index is 262. The molecular weight excluding hydrogens is 170 g/mol. The normalized spacial score (nSPS) is 13.6. The summed E-state index contributed by atoms with van der Waals surface area (Å²) in [6.45, 7) is 4.39. The highest BCUT2D eigenvalue weighted by molar-refractivity contribution is 4.79. The van der Waals surface area contributed by atoms with Gasteiger partial charge in [-0.15, -0.1) is 10.2 Å². The molecule has 0 radical (unpaired) electrons. The third-order valence-corrected chi connectivity index (χ3v) is 1.97. The van der Waals surface area contributed by atoms with Crippen LogP contribution in [0.15, 0.2) is 4.42 Å². The molecule has 1 aromatic rings. The van der Waals surface area contributed by atoms with E-state index in [1.54, 1.807) is 6.92 Å². The first-order chi connectivity index (χ1) is 6.13. The van der Waals surface area contributed by atoms with Gasteiger partial charge in [0.2, 0.25) is 11.8 Å². The molecule has 0 saturated heterocycles. The molecule has 5 nitrogen and oxygen atoms in total. The summed E-state index contributed by atoms with van der Waals surface area (Å²) in [7, 11) is 1.90. The van der Waals surface area contributed by atoms with Crippen molar-refractivity contribution in [3.05, 3.63) is 11.8 Å². The van der Waals surface area contributed by atoms with Gasteiger partial charge in [0.05, 0.1) is 13.2 Å². The monoisotopic (exact) mass is 185 g/mol. The summed E-state index contributed by atoms with van der Waals surface area (Å²) >= 11 is 0. The molecule has 1 N–H and O–H groups in total. The highest BCUT2D eigenvalue weighted by Gasteiger charge is 2.11. The van der Waals surface area contributed by atoms with Gasteiger partial charge in [0, 0.05) is 13.0 Å². The summed E-state index contributed by atoms with van der Waals surface area (Å²) in [5, 5.41) is 16.5. The molecule has 0 aliphatic heterocycles. The van der Waals surface area contributed by atoms with Crippen LogP contribution in [-0.2, 0) is 6.54 Å². The number of rotatable bonds is 4. The standard InChI is InChI=1S/C8H15N3O2/c1-6(5-12)11(3)4-8-10-9-7(2)13-8/h6,12H,4-5H2,1-3H3. The van der Waals surface area contributed by atoms with Crippen LogP contribution >= 0.6 is 0 Å². The van der Waals surface area contributed by atoms with E-state index in [1.165, 1.54) is 0 Å². The number of aliphatic hydroxyl groups excluding tert-OH is 1. The predicted octanol–water partition coefficient (Wildman–Crippen LogP) is 0.191. The maximum Gasteiger partial charge on any atom is 0.230 e. The smallest absolute Gasteiger partial charge is 0.230 e. The minimum atomic E-state index is 0.104. The van der Waals surface area contributed by atoms with Crippen LogP contribution in [0.2, 0.25) is 0 Å². The first kappa shape index (κ1) is 10.1. The molecular formula is C8H15N3O2. The van der Waals surface area contributed by atoms with Gasteiger partial charge < -0.3 is 9.52 Å². The molecule has 1 heterocycles. The van der Waals surface area contributed by atoms with E-state index in [9.17, 15) is 0 Å². The molecule has 5 heteroatoms. The van der Waals surface area contributed by atoms with Crippen LogP contribution in [0.4, 0.5) is 0 Å². The molecule has 1 unspecified atom stereocenters. The number of aryl methyl sites for hydroxylation is 1. The molecule has 0 bridgehead atoms. The Morgan fingerprint density at radius 3 is 2.69 bits per heavy atom. The highest BCUT2D eigenvalue weighted by Crippen LogP contribution is 2.04. The molecule has 1 rings (SSSR count). The lowest BCUT2D eigenvalue weighted by molar-refractivity contribution is 0.144. The Hall–Kier alpha value is -0.940. The van der Waals surface area contributed by atoms with Crippen molar-refractivity contribution in [2.75, 3.05) is 13.7 Å². The summed E-state index contributed by atoms with van der Waals surface area (Å²) in [5.41, 5.74) is 0. The zero-order chi connectivity index (χ0) is 9.84. The van der Waals surface area contributed by atoms with Crippen molar-refractivity contribution in [3.8, 4) is 0 Å². The van der Waals surface area contributed by atoms with Crippen molar-refractivity contribution < 1.29 is 9.52 Å². The fourth-order valence-corrected chi connectivity index (χ4v) is 0.910. The second-order valence-electron chi connectivity index (χ2n) is 3.16. The van der Waals surface area contributed by atoms with Gasteiger partial charge in [-0.2, -0.15) is 0 Å². The van der Waals surface area contributed by atoms with Gasteiger partial charge in [-0.3, -0.25) is 4.90 Å². The molecule has 0 aliphatic rings. The Labute approximate surface area is 77.4 Å². The Morgan fingerprint density at radius 2 is 2.23 bits per heavy atom. The summed E-state index contributed by atoms with van der Waals surface area (Å²) in [6.07, 6.45) is 0. The van der Waals surface area contributed by atoms with E-state index < -0.39 is 0 Å². The summed E-state index contributed by atoms with van der Waals surface area (Å²) < 4.78 is 5.20. The van der Waals surface area contributed by atoms with Gasteiger partial charge in [-0.05, 0) is 14.0 Å². The first-order valence-electron chi connectivity index (χ1n) is 4.23. The third kappa shape index (κ3) is 2.78. The van der Waals surface area contributed by atoms with E-state index in [1.807, 2.05) is 18.9 Å². The van der Waals surface area contributed by atoms with E-state index in [4.69, 9.17) is 9.52 Å². The van der Waals surface area contributed by atoms with Gasteiger partial charge in [0.1, 0.15) is 0 Å². The minimum absolute atomic E-state index is 0.104. The van der Waals surface area contributed by atoms with Crippen molar-refractivity contribution in [2.45, 2.75) is 26.4 Å². The molecule has 0 aliphatic carbocycles. The quantitative estimate of drug-likeness (QED) is 0.725. The Morgan fingerprint density at radius 1 is 1.54 bits per heavy atom. The topological polar surface area (TPSA) is 62.4 Å². The lowest BCUT2D eigenvalue weighted by atomic mass is 10.3. The van der Waals surface area contributed by atoms with Crippen LogP contribution in [0.3, 0.4) is 0 Å². The number of aromatic nitrogens is 2. The van der Waals surface area contributed by atoms with Gasteiger partial charge in [0.15, 0.2) is 0 Å². The SMILES string of the molecule is Cc1nnc(CN(C)C(C)CO)o1. The molecule has 0 aromatic carbocycles. The van der Waals surface area contributed by atoms with Crippen LogP contribution in [0.5, 0.6) is 0 Å². The summed E-state index contributed by atoms with van der Waals surface area (Å²) in [4.78, 5) is 1.95. The first-order valence-corrected chi connectivity index (χ1v) is 4.23. The largest absolute Gasteiger partial charge is 0.424 e. The molecule has 0 spiro atoms. The second-order valence-corrected chi connectivity index (χ2v) is 3.16. The fraction of sp³-hybridized carbons (Fsp3) is 0.750. The number of hydrogen-bond acceptors (Lipinski definition) is 5. The third-order valence-electron chi connectivity index (χ3n) is 1.97.